The van der Waals surface area contributed by atoms with Crippen molar-refractivity contribution in [3.05, 3.63) is 0 Å². The summed E-state index contributed by atoms with van der Waals surface area (Å²) >= 11 is 0. The van der Waals surface area contributed by atoms with Crippen molar-refractivity contribution in [2.75, 3.05) is 0 Å². The predicted molar refractivity (Wildman–Crippen MR) is 64.3 cm³/mol. The van der Waals surface area contributed by atoms with Gasteiger partial charge in [-0.15, -0.1) is 0 Å². The summed E-state index contributed by atoms with van der Waals surface area (Å²) in [6.07, 6.45) is 2.84. The van der Waals surface area contributed by atoms with E-state index in [1.54, 1.807) is 0 Å². The third-order valence-corrected chi connectivity index (χ3v) is 3.22. The summed E-state index contributed by atoms with van der Waals surface area (Å²) in [6.45, 7) is 4.01. The zero-order chi connectivity index (χ0) is 13.0. The van der Waals surface area contributed by atoms with Crippen LogP contribution in [0.25, 0.3) is 0 Å². The van der Waals surface area contributed by atoms with Gasteiger partial charge in [0.25, 0.3) is 0 Å². The molecule has 1 saturated carbocycles. The molecule has 17 heavy (non-hydrogen) atoms. The smallest absolute Gasteiger partial charge is 0.308 e. The van der Waals surface area contributed by atoms with Crippen LogP contribution < -0.4 is 11.1 Å². The molecule has 0 bridgehead atoms. The maximum Gasteiger partial charge on any atom is 0.308 e. The zero-order valence-electron chi connectivity index (χ0n) is 10.5. The van der Waals surface area contributed by atoms with Gasteiger partial charge in [-0.25, -0.2) is 0 Å². The van der Waals surface area contributed by atoms with Crippen molar-refractivity contribution in [3.63, 3.8) is 0 Å². The molecule has 1 rings (SSSR count). The first kappa shape index (κ1) is 14.0. The maximum absolute atomic E-state index is 11.8. The predicted octanol–water partition coefficient (Wildman–Crippen LogP) is 0.729. The average Bonchev–Trinajstić information content (AvgIpc) is 2.64. The fourth-order valence-electron chi connectivity index (χ4n) is 2.33. The zero-order valence-corrected chi connectivity index (χ0v) is 10.5. The number of hydrogen-bond acceptors (Lipinski definition) is 3. The first-order valence-electron chi connectivity index (χ1n) is 6.20. The Labute approximate surface area is 102 Å². The molecule has 0 aliphatic heterocycles. The van der Waals surface area contributed by atoms with Crippen molar-refractivity contribution in [3.8, 4) is 0 Å². The minimum absolute atomic E-state index is 0.225. The molecule has 0 saturated heterocycles. The lowest BCUT2D eigenvalue weighted by Gasteiger charge is -2.21. The summed E-state index contributed by atoms with van der Waals surface area (Å²) < 4.78 is 0. The number of carboxylic acid groups (broad SMARTS) is 1. The van der Waals surface area contributed by atoms with Gasteiger partial charge in [-0.3, -0.25) is 9.59 Å². The van der Waals surface area contributed by atoms with E-state index in [9.17, 15) is 9.59 Å². The molecule has 4 N–H and O–H groups in total. The van der Waals surface area contributed by atoms with Crippen LogP contribution in [0.5, 0.6) is 0 Å². The molecule has 1 aliphatic rings. The Bertz CT molecular complexity index is 291. The van der Waals surface area contributed by atoms with Gasteiger partial charge in [0.1, 0.15) is 0 Å². The maximum atomic E-state index is 11.8. The van der Waals surface area contributed by atoms with Gasteiger partial charge in [-0.1, -0.05) is 20.3 Å². The highest BCUT2D eigenvalue weighted by Gasteiger charge is 2.34. The van der Waals surface area contributed by atoms with E-state index < -0.39 is 17.9 Å². The van der Waals surface area contributed by atoms with Gasteiger partial charge in [-0.2, -0.15) is 0 Å². The largest absolute Gasteiger partial charge is 0.481 e. The van der Waals surface area contributed by atoms with Crippen molar-refractivity contribution in [1.29, 1.82) is 0 Å². The normalized spacial score (nSPS) is 25.9. The van der Waals surface area contributed by atoms with Crippen molar-refractivity contribution in [1.82, 2.24) is 5.32 Å². The third-order valence-electron chi connectivity index (χ3n) is 3.22. The van der Waals surface area contributed by atoms with E-state index in [0.29, 0.717) is 18.8 Å². The average molecular weight is 242 g/mol. The highest BCUT2D eigenvalue weighted by atomic mass is 16.4. The van der Waals surface area contributed by atoms with Crippen molar-refractivity contribution >= 4 is 11.9 Å². The second kappa shape index (κ2) is 6.00. The van der Waals surface area contributed by atoms with E-state index in [1.165, 1.54) is 0 Å². The van der Waals surface area contributed by atoms with Crippen LogP contribution in [0.3, 0.4) is 0 Å². The van der Waals surface area contributed by atoms with Gasteiger partial charge in [-0.05, 0) is 25.2 Å². The molecule has 1 fully saturated rings. The molecule has 2 unspecified atom stereocenters. The molecule has 0 radical (unpaired) electrons. The number of nitrogens with two attached hydrogens (primary N) is 1. The van der Waals surface area contributed by atoms with Gasteiger partial charge >= 0.3 is 5.97 Å². The molecule has 5 heteroatoms. The Morgan fingerprint density at radius 3 is 2.59 bits per heavy atom. The lowest BCUT2D eigenvalue weighted by atomic mass is 10.0. The fraction of sp³-hybridized carbons (Fsp3) is 0.833. The van der Waals surface area contributed by atoms with E-state index in [0.717, 1.165) is 12.8 Å². The Balaban J connectivity index is 2.47. The number of carbonyl (C=O) groups is 2. The van der Waals surface area contributed by atoms with Crippen LogP contribution in [0.2, 0.25) is 0 Å². The summed E-state index contributed by atoms with van der Waals surface area (Å²) in [7, 11) is 0. The molecule has 1 amide bonds. The highest BCUT2D eigenvalue weighted by Crippen LogP contribution is 2.25. The van der Waals surface area contributed by atoms with E-state index >= 15 is 0 Å². The van der Waals surface area contributed by atoms with Crippen LogP contribution >= 0.6 is 0 Å². The quantitative estimate of drug-likeness (QED) is 0.662. The van der Waals surface area contributed by atoms with E-state index in [2.05, 4.69) is 5.32 Å². The summed E-state index contributed by atoms with van der Waals surface area (Å²) in [5, 5.41) is 11.8. The Morgan fingerprint density at radius 1 is 1.41 bits per heavy atom. The molecule has 5 nitrogen and oxygen atoms in total. The second-order valence-corrected chi connectivity index (χ2v) is 5.23. The number of nitrogens with one attached hydrogen (secondary N) is 1. The Hall–Kier alpha value is -1.10. The second-order valence-electron chi connectivity index (χ2n) is 5.23. The van der Waals surface area contributed by atoms with Crippen LogP contribution in [0, 0.1) is 11.8 Å². The molecule has 0 aromatic rings. The van der Waals surface area contributed by atoms with Crippen LogP contribution in [0.4, 0.5) is 0 Å². The van der Waals surface area contributed by atoms with Crippen LogP contribution in [0.1, 0.15) is 39.5 Å². The standard InChI is InChI=1S/C12H22N2O3/c1-7(2)6-9(13)11(15)14-10-5-3-4-8(10)12(16)17/h7-10H,3-6,13H2,1-2H3,(H,14,15)(H,16,17)/t8?,9-,10?/m1/s1. The summed E-state index contributed by atoms with van der Waals surface area (Å²) in [5.74, 6) is -1.15. The fourth-order valence-corrected chi connectivity index (χ4v) is 2.33. The molecular weight excluding hydrogens is 220 g/mol. The van der Waals surface area contributed by atoms with Crippen molar-refractivity contribution < 1.29 is 14.7 Å². The number of hydrogen-bond donors (Lipinski definition) is 3. The van der Waals surface area contributed by atoms with E-state index in [4.69, 9.17) is 10.8 Å². The Morgan fingerprint density at radius 2 is 2.06 bits per heavy atom. The van der Waals surface area contributed by atoms with Gasteiger partial charge in [0, 0.05) is 6.04 Å². The van der Waals surface area contributed by atoms with Gasteiger partial charge in [0.05, 0.1) is 12.0 Å². The molecule has 0 aromatic carbocycles. The SMILES string of the molecule is CC(C)C[C@@H](N)C(=O)NC1CCCC1C(=O)O. The summed E-state index contributed by atoms with van der Waals surface area (Å²) in [4.78, 5) is 22.7. The number of amides is 1. The molecule has 98 valence electrons. The van der Waals surface area contributed by atoms with Gasteiger partial charge in [0.2, 0.25) is 5.91 Å². The molecule has 1 aliphatic carbocycles. The summed E-state index contributed by atoms with van der Waals surface area (Å²) in [6, 6.07) is -0.789. The number of aliphatic carboxylic acids is 1. The highest BCUT2D eigenvalue weighted by molar-refractivity contribution is 5.82. The first-order chi connectivity index (χ1) is 7.91. The lowest BCUT2D eigenvalue weighted by molar-refractivity contribution is -0.142. The number of carboxylic acids is 1. The van der Waals surface area contributed by atoms with Crippen LogP contribution in [-0.4, -0.2) is 29.1 Å². The molecule has 3 atom stereocenters. The lowest BCUT2D eigenvalue weighted by Crippen LogP contribution is -2.48. The van der Waals surface area contributed by atoms with Crippen LogP contribution in [-0.2, 0) is 9.59 Å². The molecule has 0 spiro atoms. The van der Waals surface area contributed by atoms with E-state index in [1.807, 2.05) is 13.8 Å². The van der Waals surface area contributed by atoms with Crippen molar-refractivity contribution in [2.45, 2.75) is 51.6 Å². The van der Waals surface area contributed by atoms with Gasteiger partial charge in [0.15, 0.2) is 0 Å². The number of rotatable bonds is 5. The van der Waals surface area contributed by atoms with Crippen molar-refractivity contribution in [2.24, 2.45) is 17.6 Å². The third kappa shape index (κ3) is 4.00. The monoisotopic (exact) mass is 242 g/mol. The number of carbonyl (C=O) groups excluding carboxylic acids is 1. The van der Waals surface area contributed by atoms with E-state index in [-0.39, 0.29) is 11.9 Å². The summed E-state index contributed by atoms with van der Waals surface area (Å²) in [5.41, 5.74) is 5.76. The first-order valence-corrected chi connectivity index (χ1v) is 6.20. The van der Waals surface area contributed by atoms with Crippen LogP contribution in [0.15, 0.2) is 0 Å². The minimum atomic E-state index is -0.828. The topological polar surface area (TPSA) is 92.4 Å². The molecular formula is C12H22N2O3. The molecule has 0 heterocycles. The molecule has 0 aromatic heterocycles. The van der Waals surface area contributed by atoms with Gasteiger partial charge < -0.3 is 16.2 Å². The minimum Gasteiger partial charge on any atom is -0.481 e. The Kier molecular flexibility index (Phi) is 4.93.